The molecule has 4 nitrogen and oxygen atoms in total. The zero-order valence-electron chi connectivity index (χ0n) is 17.1. The number of phenols is 1. The molecule has 0 atom stereocenters. The first-order valence-corrected chi connectivity index (χ1v) is 11.0. The Labute approximate surface area is 184 Å². The van der Waals surface area contributed by atoms with Crippen molar-refractivity contribution in [2.45, 2.75) is 33.2 Å². The largest absolute Gasteiger partial charge is 0.507 e. The van der Waals surface area contributed by atoms with E-state index in [1.54, 1.807) is 6.07 Å². The highest BCUT2D eigenvalue weighted by Gasteiger charge is 2.23. The second-order valence-electron chi connectivity index (χ2n) is 7.56. The number of phenolic OH excluding ortho intramolecular Hbond substituents is 1. The number of hydrogen-bond donors (Lipinski definition) is 1. The lowest BCUT2D eigenvalue weighted by molar-refractivity contribution is 0.0741. The van der Waals surface area contributed by atoms with Crippen LogP contribution in [-0.4, -0.2) is 22.5 Å². The van der Waals surface area contributed by atoms with Crippen molar-refractivity contribution in [2.75, 3.05) is 6.54 Å². The van der Waals surface area contributed by atoms with Crippen LogP contribution in [0.5, 0.6) is 5.75 Å². The van der Waals surface area contributed by atoms with E-state index >= 15 is 0 Å². The van der Waals surface area contributed by atoms with Gasteiger partial charge in [-0.15, -0.1) is 0 Å². The summed E-state index contributed by atoms with van der Waals surface area (Å²) in [4.78, 5) is 15.4. The Morgan fingerprint density at radius 2 is 1.90 bits per heavy atom. The van der Waals surface area contributed by atoms with E-state index < -0.39 is 0 Å². The fourth-order valence-corrected chi connectivity index (χ4v) is 4.33. The number of furan rings is 1. The number of carbonyl (C=O) groups is 1. The number of para-hydroxylation sites is 1. The molecular weight excluding hydrogens is 442 g/mol. The van der Waals surface area contributed by atoms with Gasteiger partial charge in [-0.1, -0.05) is 49.7 Å². The number of fused-ring (bicyclic) bond motifs is 2. The van der Waals surface area contributed by atoms with Gasteiger partial charge >= 0.3 is 0 Å². The minimum atomic E-state index is -0.00196. The van der Waals surface area contributed by atoms with Crippen molar-refractivity contribution in [3.63, 3.8) is 0 Å². The fraction of sp³-hybridized carbons (Fsp3) is 0.240. The van der Waals surface area contributed by atoms with Gasteiger partial charge in [0.25, 0.3) is 5.91 Å². The molecule has 0 saturated heterocycles. The number of rotatable bonds is 6. The number of unbranched alkanes of at least 4 members (excludes halogenated alkanes) is 1. The summed E-state index contributed by atoms with van der Waals surface area (Å²) in [6.07, 6.45) is 1.95. The van der Waals surface area contributed by atoms with Crippen LogP contribution in [0.3, 0.4) is 0 Å². The molecule has 0 aliphatic heterocycles. The summed E-state index contributed by atoms with van der Waals surface area (Å²) in [6.45, 7) is 5.18. The second-order valence-corrected chi connectivity index (χ2v) is 8.36. The van der Waals surface area contributed by atoms with Crippen molar-refractivity contribution >= 4 is 43.6 Å². The van der Waals surface area contributed by atoms with E-state index in [0.717, 1.165) is 40.1 Å². The zero-order chi connectivity index (χ0) is 21.3. The molecule has 3 aromatic carbocycles. The van der Waals surface area contributed by atoms with E-state index in [1.165, 1.54) is 0 Å². The van der Waals surface area contributed by atoms with Gasteiger partial charge in [-0.25, -0.2) is 0 Å². The predicted octanol–water partition coefficient (Wildman–Crippen LogP) is 6.81. The molecule has 4 aromatic rings. The Morgan fingerprint density at radius 1 is 1.10 bits per heavy atom. The van der Waals surface area contributed by atoms with Crippen LogP contribution < -0.4 is 0 Å². The Balaban J connectivity index is 1.69. The van der Waals surface area contributed by atoms with E-state index in [0.29, 0.717) is 28.9 Å². The summed E-state index contributed by atoms with van der Waals surface area (Å²) < 4.78 is 6.52. The first-order chi connectivity index (χ1) is 14.5. The second kappa shape index (κ2) is 8.52. The van der Waals surface area contributed by atoms with Crippen LogP contribution in [0.1, 0.15) is 41.4 Å². The number of benzene rings is 3. The standard InChI is InChI=1S/C25H24BrNO3/c1-3-4-13-27(25(29)23-16(2)30-22-8-6-5-7-20(22)23)15-17-9-11-19-18(14-17)10-12-21(28)24(19)26/h5-12,14,28H,3-4,13,15H2,1-2H3. The number of amides is 1. The Hall–Kier alpha value is -2.79. The molecule has 1 heterocycles. The third-order valence-corrected chi connectivity index (χ3v) is 6.26. The highest BCUT2D eigenvalue weighted by Crippen LogP contribution is 2.33. The van der Waals surface area contributed by atoms with Crippen LogP contribution in [-0.2, 0) is 6.54 Å². The maximum absolute atomic E-state index is 13.5. The molecule has 0 bridgehead atoms. The number of aromatic hydroxyl groups is 1. The molecule has 0 spiro atoms. The maximum atomic E-state index is 13.5. The summed E-state index contributed by atoms with van der Waals surface area (Å²) in [5.74, 6) is 0.871. The van der Waals surface area contributed by atoms with Crippen molar-refractivity contribution in [2.24, 2.45) is 0 Å². The summed E-state index contributed by atoms with van der Waals surface area (Å²) in [6, 6.07) is 17.3. The SMILES string of the molecule is CCCCN(Cc1ccc2c(Br)c(O)ccc2c1)C(=O)c1c(C)oc2ccccc12. The van der Waals surface area contributed by atoms with E-state index in [2.05, 4.69) is 28.9 Å². The molecule has 1 aromatic heterocycles. The van der Waals surface area contributed by atoms with Crippen molar-refractivity contribution in [3.8, 4) is 5.75 Å². The van der Waals surface area contributed by atoms with E-state index in [-0.39, 0.29) is 11.7 Å². The Kier molecular flexibility index (Phi) is 5.82. The third-order valence-electron chi connectivity index (χ3n) is 5.43. The number of nitrogens with zero attached hydrogens (tertiary/aromatic N) is 1. The highest BCUT2D eigenvalue weighted by molar-refractivity contribution is 9.10. The van der Waals surface area contributed by atoms with Crippen LogP contribution in [0.4, 0.5) is 0 Å². The molecule has 0 fully saturated rings. The normalized spacial score (nSPS) is 11.3. The molecule has 1 amide bonds. The molecule has 30 heavy (non-hydrogen) atoms. The average Bonchev–Trinajstić information content (AvgIpc) is 3.09. The first kappa shape index (κ1) is 20.5. The lowest BCUT2D eigenvalue weighted by Crippen LogP contribution is -2.31. The molecular formula is C25H24BrNO3. The van der Waals surface area contributed by atoms with Crippen molar-refractivity contribution in [1.82, 2.24) is 4.90 Å². The topological polar surface area (TPSA) is 53.7 Å². The van der Waals surface area contributed by atoms with E-state index in [1.807, 2.05) is 54.3 Å². The van der Waals surface area contributed by atoms with Gasteiger partial charge in [0, 0.05) is 18.5 Å². The van der Waals surface area contributed by atoms with Gasteiger partial charge in [-0.05, 0) is 63.8 Å². The number of halogens is 1. The number of hydrogen-bond acceptors (Lipinski definition) is 3. The monoisotopic (exact) mass is 465 g/mol. The van der Waals surface area contributed by atoms with Crippen LogP contribution in [0.15, 0.2) is 63.5 Å². The van der Waals surface area contributed by atoms with Crippen LogP contribution >= 0.6 is 15.9 Å². The van der Waals surface area contributed by atoms with Gasteiger partial charge in [-0.3, -0.25) is 4.79 Å². The molecule has 0 saturated carbocycles. The van der Waals surface area contributed by atoms with Crippen LogP contribution in [0.2, 0.25) is 0 Å². The lowest BCUT2D eigenvalue weighted by atomic mass is 10.0. The van der Waals surface area contributed by atoms with Gasteiger partial charge in [0.05, 0.1) is 10.0 Å². The minimum Gasteiger partial charge on any atom is -0.507 e. The van der Waals surface area contributed by atoms with Crippen molar-refractivity contribution in [1.29, 1.82) is 0 Å². The molecule has 0 unspecified atom stereocenters. The summed E-state index contributed by atoms with van der Waals surface area (Å²) in [7, 11) is 0. The van der Waals surface area contributed by atoms with Gasteiger partial charge < -0.3 is 14.4 Å². The third kappa shape index (κ3) is 3.82. The predicted molar refractivity (Wildman–Crippen MR) is 124 cm³/mol. The fourth-order valence-electron chi connectivity index (χ4n) is 3.84. The molecule has 5 heteroatoms. The summed E-state index contributed by atoms with van der Waals surface area (Å²) in [5, 5.41) is 12.7. The lowest BCUT2D eigenvalue weighted by Gasteiger charge is -2.23. The van der Waals surface area contributed by atoms with Gasteiger partial charge in [0.15, 0.2) is 0 Å². The molecule has 154 valence electrons. The van der Waals surface area contributed by atoms with Crippen molar-refractivity contribution < 1.29 is 14.3 Å². The average molecular weight is 466 g/mol. The zero-order valence-corrected chi connectivity index (χ0v) is 18.7. The highest BCUT2D eigenvalue weighted by atomic mass is 79.9. The minimum absolute atomic E-state index is 0.00196. The van der Waals surface area contributed by atoms with Gasteiger partial charge in [0.2, 0.25) is 0 Å². The van der Waals surface area contributed by atoms with Gasteiger partial charge in [0.1, 0.15) is 17.1 Å². The van der Waals surface area contributed by atoms with Crippen molar-refractivity contribution in [3.05, 3.63) is 76.0 Å². The molecule has 0 radical (unpaired) electrons. The Morgan fingerprint density at radius 3 is 2.70 bits per heavy atom. The first-order valence-electron chi connectivity index (χ1n) is 10.2. The molecule has 0 aliphatic rings. The van der Waals surface area contributed by atoms with Gasteiger partial charge in [-0.2, -0.15) is 0 Å². The molecule has 0 aliphatic carbocycles. The molecule has 1 N–H and O–H groups in total. The van der Waals surface area contributed by atoms with Crippen LogP contribution in [0.25, 0.3) is 21.7 Å². The maximum Gasteiger partial charge on any atom is 0.258 e. The smallest absolute Gasteiger partial charge is 0.258 e. The van der Waals surface area contributed by atoms with E-state index in [9.17, 15) is 9.90 Å². The number of carbonyl (C=O) groups excluding carboxylic acids is 1. The van der Waals surface area contributed by atoms with Crippen LogP contribution in [0, 0.1) is 6.92 Å². The number of aryl methyl sites for hydroxylation is 1. The molecule has 4 rings (SSSR count). The summed E-state index contributed by atoms with van der Waals surface area (Å²) in [5.41, 5.74) is 2.44. The van der Waals surface area contributed by atoms with E-state index in [4.69, 9.17) is 4.42 Å². The quantitative estimate of drug-likeness (QED) is 0.340. The summed E-state index contributed by atoms with van der Waals surface area (Å²) >= 11 is 3.45. The Bertz CT molecular complexity index is 1230.